The van der Waals surface area contributed by atoms with E-state index in [9.17, 15) is 0 Å². The second-order valence-corrected chi connectivity index (χ2v) is 5.71. The molecule has 4 heteroatoms. The van der Waals surface area contributed by atoms with E-state index in [0.717, 1.165) is 36.1 Å². The Hall–Kier alpha value is -2.07. The number of anilines is 1. The second-order valence-electron chi connectivity index (χ2n) is 5.33. The van der Waals surface area contributed by atoms with E-state index >= 15 is 0 Å². The molecular formula is C18H20N2OS. The highest BCUT2D eigenvalue weighted by atomic mass is 32.1. The number of nitrogens with zero attached hydrogens (tertiary/aromatic N) is 1. The molecule has 0 bridgehead atoms. The quantitative estimate of drug-likeness (QED) is 0.870. The highest BCUT2D eigenvalue weighted by Gasteiger charge is 2.17. The van der Waals surface area contributed by atoms with Crippen molar-refractivity contribution < 1.29 is 4.74 Å². The van der Waals surface area contributed by atoms with Crippen LogP contribution in [0.1, 0.15) is 18.1 Å². The Morgan fingerprint density at radius 3 is 2.59 bits per heavy atom. The molecule has 0 saturated heterocycles. The highest BCUT2D eigenvalue weighted by Crippen LogP contribution is 2.20. The van der Waals surface area contributed by atoms with Crippen molar-refractivity contribution in [2.45, 2.75) is 19.9 Å². The van der Waals surface area contributed by atoms with Gasteiger partial charge in [-0.25, -0.2) is 0 Å². The predicted octanol–water partition coefficient (Wildman–Crippen LogP) is 3.84. The van der Waals surface area contributed by atoms with Crippen molar-refractivity contribution in [2.75, 3.05) is 18.5 Å². The molecule has 2 aromatic carbocycles. The van der Waals surface area contributed by atoms with E-state index in [1.165, 1.54) is 11.1 Å². The van der Waals surface area contributed by atoms with E-state index in [4.69, 9.17) is 17.0 Å². The molecule has 0 saturated carbocycles. The Morgan fingerprint density at radius 1 is 1.14 bits per heavy atom. The summed E-state index contributed by atoms with van der Waals surface area (Å²) in [5.41, 5.74) is 3.79. The zero-order valence-corrected chi connectivity index (χ0v) is 13.5. The fourth-order valence-electron chi connectivity index (χ4n) is 2.67. The minimum absolute atomic E-state index is 0.679. The van der Waals surface area contributed by atoms with Crippen molar-refractivity contribution >= 4 is 23.0 Å². The third-order valence-corrected chi connectivity index (χ3v) is 4.19. The molecule has 0 radical (unpaired) electrons. The van der Waals surface area contributed by atoms with Crippen molar-refractivity contribution in [3.05, 3.63) is 59.7 Å². The van der Waals surface area contributed by atoms with Gasteiger partial charge in [0.05, 0.1) is 6.61 Å². The fourth-order valence-corrected chi connectivity index (χ4v) is 2.95. The van der Waals surface area contributed by atoms with Crippen LogP contribution in [0.5, 0.6) is 5.75 Å². The largest absolute Gasteiger partial charge is 0.494 e. The maximum absolute atomic E-state index is 5.55. The molecule has 0 aromatic heterocycles. The number of nitrogens with one attached hydrogen (secondary N) is 1. The summed E-state index contributed by atoms with van der Waals surface area (Å²) in [7, 11) is 0. The van der Waals surface area contributed by atoms with Crippen molar-refractivity contribution in [2.24, 2.45) is 0 Å². The van der Waals surface area contributed by atoms with E-state index in [-0.39, 0.29) is 0 Å². The summed E-state index contributed by atoms with van der Waals surface area (Å²) in [4.78, 5) is 2.22. The fraction of sp³-hybridized carbons (Fsp3) is 0.278. The van der Waals surface area contributed by atoms with Gasteiger partial charge >= 0.3 is 0 Å². The minimum atomic E-state index is 0.679. The van der Waals surface area contributed by atoms with Gasteiger partial charge in [-0.05, 0) is 61.0 Å². The number of benzene rings is 2. The zero-order chi connectivity index (χ0) is 15.4. The summed E-state index contributed by atoms with van der Waals surface area (Å²) in [5, 5.41) is 4.09. The van der Waals surface area contributed by atoms with Gasteiger partial charge in [0.25, 0.3) is 0 Å². The van der Waals surface area contributed by atoms with Crippen LogP contribution in [0.2, 0.25) is 0 Å². The minimum Gasteiger partial charge on any atom is -0.494 e. The molecular weight excluding hydrogens is 292 g/mol. The normalized spacial score (nSPS) is 13.4. The average Bonchev–Trinajstić information content (AvgIpc) is 2.56. The lowest BCUT2D eigenvalue weighted by Gasteiger charge is -2.31. The summed E-state index contributed by atoms with van der Waals surface area (Å²) < 4.78 is 5.45. The molecule has 3 rings (SSSR count). The first-order chi connectivity index (χ1) is 10.8. The average molecular weight is 312 g/mol. The smallest absolute Gasteiger partial charge is 0.173 e. The lowest BCUT2D eigenvalue weighted by Crippen LogP contribution is -2.38. The summed E-state index contributed by atoms with van der Waals surface area (Å²) in [6, 6.07) is 16.5. The first-order valence-corrected chi connectivity index (χ1v) is 8.02. The first-order valence-electron chi connectivity index (χ1n) is 7.62. The molecule has 3 nitrogen and oxygen atoms in total. The van der Waals surface area contributed by atoms with Gasteiger partial charge in [0.2, 0.25) is 0 Å². The van der Waals surface area contributed by atoms with Crippen molar-refractivity contribution in [1.29, 1.82) is 0 Å². The summed E-state index contributed by atoms with van der Waals surface area (Å²) in [6.07, 6.45) is 1.04. The number of hydrogen-bond acceptors (Lipinski definition) is 2. The molecule has 1 aliphatic heterocycles. The molecule has 0 fully saturated rings. The van der Waals surface area contributed by atoms with E-state index in [1.807, 2.05) is 31.2 Å². The maximum atomic E-state index is 5.55. The molecule has 22 heavy (non-hydrogen) atoms. The van der Waals surface area contributed by atoms with Crippen LogP contribution in [-0.4, -0.2) is 23.2 Å². The molecule has 1 N–H and O–H groups in total. The summed E-state index contributed by atoms with van der Waals surface area (Å²) >= 11 is 5.55. The van der Waals surface area contributed by atoms with Crippen LogP contribution in [-0.2, 0) is 13.0 Å². The number of ether oxygens (including phenoxy) is 1. The zero-order valence-electron chi connectivity index (χ0n) is 12.7. The van der Waals surface area contributed by atoms with Crippen LogP contribution in [0.4, 0.5) is 5.69 Å². The summed E-state index contributed by atoms with van der Waals surface area (Å²) in [6.45, 7) is 4.49. The van der Waals surface area contributed by atoms with Gasteiger partial charge in [-0.2, -0.15) is 0 Å². The third kappa shape index (κ3) is 3.39. The van der Waals surface area contributed by atoms with Crippen LogP contribution >= 0.6 is 12.2 Å². The van der Waals surface area contributed by atoms with Crippen molar-refractivity contribution in [3.63, 3.8) is 0 Å². The van der Waals surface area contributed by atoms with Crippen LogP contribution in [0.3, 0.4) is 0 Å². The molecule has 1 aliphatic rings. The van der Waals surface area contributed by atoms with Crippen molar-refractivity contribution in [1.82, 2.24) is 4.90 Å². The van der Waals surface area contributed by atoms with Gasteiger partial charge in [0.15, 0.2) is 5.11 Å². The molecule has 0 amide bonds. The van der Waals surface area contributed by atoms with Gasteiger partial charge in [-0.15, -0.1) is 0 Å². The third-order valence-electron chi connectivity index (χ3n) is 3.83. The van der Waals surface area contributed by atoms with Gasteiger partial charge in [-0.3, -0.25) is 0 Å². The molecule has 0 spiro atoms. The first kappa shape index (κ1) is 14.9. The van der Waals surface area contributed by atoms with Gasteiger partial charge < -0.3 is 15.0 Å². The predicted molar refractivity (Wildman–Crippen MR) is 94.4 cm³/mol. The van der Waals surface area contributed by atoms with E-state index in [1.54, 1.807) is 0 Å². The molecule has 2 aromatic rings. The second kappa shape index (κ2) is 6.79. The molecule has 0 aliphatic carbocycles. The molecule has 1 heterocycles. The Bertz CT molecular complexity index is 654. The van der Waals surface area contributed by atoms with E-state index in [0.29, 0.717) is 6.61 Å². The lowest BCUT2D eigenvalue weighted by molar-refractivity contribution is 0.340. The molecule has 0 unspecified atom stereocenters. The van der Waals surface area contributed by atoms with Gasteiger partial charge in [-0.1, -0.05) is 24.3 Å². The Morgan fingerprint density at radius 2 is 1.86 bits per heavy atom. The SMILES string of the molecule is CCOc1ccc(NC(=S)N2CCc3ccccc3C2)cc1. The lowest BCUT2D eigenvalue weighted by atomic mass is 10.0. The Labute approximate surface area is 136 Å². The van der Waals surface area contributed by atoms with Gasteiger partial charge in [0, 0.05) is 18.8 Å². The Kier molecular flexibility index (Phi) is 4.59. The molecule has 114 valence electrons. The monoisotopic (exact) mass is 312 g/mol. The number of rotatable bonds is 3. The summed E-state index contributed by atoms with van der Waals surface area (Å²) in [5.74, 6) is 0.880. The maximum Gasteiger partial charge on any atom is 0.173 e. The number of fused-ring (bicyclic) bond motifs is 1. The topological polar surface area (TPSA) is 24.5 Å². The molecule has 0 atom stereocenters. The number of thiocarbonyl (C=S) groups is 1. The Balaban J connectivity index is 1.63. The van der Waals surface area contributed by atoms with Crippen LogP contribution in [0.25, 0.3) is 0 Å². The van der Waals surface area contributed by atoms with Crippen LogP contribution in [0, 0.1) is 0 Å². The van der Waals surface area contributed by atoms with E-state index in [2.05, 4.69) is 34.5 Å². The van der Waals surface area contributed by atoms with Crippen LogP contribution < -0.4 is 10.1 Å². The van der Waals surface area contributed by atoms with Crippen molar-refractivity contribution in [3.8, 4) is 5.75 Å². The highest BCUT2D eigenvalue weighted by molar-refractivity contribution is 7.80. The van der Waals surface area contributed by atoms with Gasteiger partial charge in [0.1, 0.15) is 5.75 Å². The van der Waals surface area contributed by atoms with Crippen LogP contribution in [0.15, 0.2) is 48.5 Å². The number of hydrogen-bond donors (Lipinski definition) is 1. The standard InChI is InChI=1S/C18H20N2OS/c1-2-21-17-9-7-16(8-10-17)19-18(22)20-12-11-14-5-3-4-6-15(14)13-20/h3-10H,2,11-13H2,1H3,(H,19,22). The van der Waals surface area contributed by atoms with E-state index < -0.39 is 0 Å².